The van der Waals surface area contributed by atoms with Crippen LogP contribution in [0, 0.1) is 5.92 Å². The van der Waals surface area contributed by atoms with E-state index in [1.807, 2.05) is 4.90 Å². The number of aromatic carboxylic acids is 1. The van der Waals surface area contributed by atoms with E-state index >= 15 is 0 Å². The van der Waals surface area contributed by atoms with E-state index in [-0.39, 0.29) is 11.5 Å². The largest absolute Gasteiger partial charge is 0.478 e. The van der Waals surface area contributed by atoms with Crippen LogP contribution in [0.2, 0.25) is 0 Å². The van der Waals surface area contributed by atoms with Gasteiger partial charge in [0.15, 0.2) is 0 Å². The highest BCUT2D eigenvalue weighted by Gasteiger charge is 2.18. The van der Waals surface area contributed by atoms with Crippen LogP contribution < -0.4 is 0 Å². The minimum absolute atomic E-state index is 0.214. The van der Waals surface area contributed by atoms with E-state index in [0.29, 0.717) is 18.8 Å². The maximum absolute atomic E-state index is 12.2. The highest BCUT2D eigenvalue weighted by Crippen LogP contribution is 2.17. The first kappa shape index (κ1) is 15.5. The first-order valence-electron chi connectivity index (χ1n) is 7.66. The first-order chi connectivity index (χ1) is 10.1. The fourth-order valence-corrected chi connectivity index (χ4v) is 2.74. The van der Waals surface area contributed by atoms with Crippen LogP contribution in [0.15, 0.2) is 24.3 Å². The second-order valence-corrected chi connectivity index (χ2v) is 5.92. The van der Waals surface area contributed by atoms with Gasteiger partial charge in [-0.2, -0.15) is 0 Å². The van der Waals surface area contributed by atoms with Gasteiger partial charge in [0.25, 0.3) is 0 Å². The molecule has 1 aromatic carbocycles. The molecule has 0 bridgehead atoms. The number of rotatable bonds is 4. The predicted molar refractivity (Wildman–Crippen MR) is 81.3 cm³/mol. The molecule has 0 saturated carbocycles. The van der Waals surface area contributed by atoms with E-state index in [4.69, 9.17) is 5.11 Å². The zero-order chi connectivity index (χ0) is 15.2. The lowest BCUT2D eigenvalue weighted by Gasteiger charge is -2.20. The van der Waals surface area contributed by atoms with Crippen LogP contribution in [-0.2, 0) is 11.2 Å². The molecule has 1 heterocycles. The lowest BCUT2D eigenvalue weighted by atomic mass is 10.0. The Labute approximate surface area is 125 Å². The molecule has 0 radical (unpaired) electrons. The molecule has 1 fully saturated rings. The molecule has 1 aromatic rings. The van der Waals surface area contributed by atoms with Gasteiger partial charge in [-0.25, -0.2) is 4.79 Å². The minimum Gasteiger partial charge on any atom is -0.478 e. The fourth-order valence-electron chi connectivity index (χ4n) is 2.74. The first-order valence-corrected chi connectivity index (χ1v) is 7.66. The Morgan fingerprint density at radius 3 is 2.57 bits per heavy atom. The van der Waals surface area contributed by atoms with Gasteiger partial charge >= 0.3 is 5.97 Å². The van der Waals surface area contributed by atoms with Crippen LogP contribution in [0.25, 0.3) is 0 Å². The summed E-state index contributed by atoms with van der Waals surface area (Å²) in [5, 5.41) is 8.85. The Bertz CT molecular complexity index is 495. The molecule has 1 amide bonds. The topological polar surface area (TPSA) is 57.6 Å². The summed E-state index contributed by atoms with van der Waals surface area (Å²) in [5.41, 5.74) is 1.29. The van der Waals surface area contributed by atoms with E-state index in [9.17, 15) is 9.59 Å². The van der Waals surface area contributed by atoms with E-state index in [2.05, 4.69) is 6.92 Å². The van der Waals surface area contributed by atoms with Gasteiger partial charge < -0.3 is 10.0 Å². The molecule has 1 N–H and O–H groups in total. The molecule has 1 atom stereocenters. The highest BCUT2D eigenvalue weighted by atomic mass is 16.4. The van der Waals surface area contributed by atoms with Crippen LogP contribution in [0.4, 0.5) is 0 Å². The minimum atomic E-state index is -0.920. The van der Waals surface area contributed by atoms with Crippen molar-refractivity contribution in [3.05, 3.63) is 35.4 Å². The number of benzene rings is 1. The van der Waals surface area contributed by atoms with E-state index in [1.165, 1.54) is 6.42 Å². The number of hydrogen-bond acceptors (Lipinski definition) is 2. The maximum atomic E-state index is 12.2. The van der Waals surface area contributed by atoms with Gasteiger partial charge in [0.1, 0.15) is 0 Å². The molecule has 1 saturated heterocycles. The van der Waals surface area contributed by atoms with Crippen molar-refractivity contribution < 1.29 is 14.7 Å². The van der Waals surface area contributed by atoms with Crippen LogP contribution in [0.1, 0.15) is 48.5 Å². The molecule has 0 aliphatic carbocycles. The third kappa shape index (κ3) is 4.59. The predicted octanol–water partition coefficient (Wildman–Crippen LogP) is 2.97. The molecular formula is C17H23NO3. The van der Waals surface area contributed by atoms with Crippen molar-refractivity contribution in [1.29, 1.82) is 0 Å². The monoisotopic (exact) mass is 289 g/mol. The number of carboxylic acid groups (broad SMARTS) is 1. The van der Waals surface area contributed by atoms with Crippen molar-refractivity contribution in [2.75, 3.05) is 13.1 Å². The second-order valence-electron chi connectivity index (χ2n) is 5.92. The van der Waals surface area contributed by atoms with Crippen molar-refractivity contribution in [1.82, 2.24) is 4.90 Å². The molecule has 2 rings (SSSR count). The van der Waals surface area contributed by atoms with Gasteiger partial charge in [-0.3, -0.25) is 4.79 Å². The number of likely N-dealkylation sites (tertiary alicyclic amines) is 1. The number of carbonyl (C=O) groups excluding carboxylic acids is 1. The molecule has 0 spiro atoms. The Morgan fingerprint density at radius 2 is 1.90 bits per heavy atom. The van der Waals surface area contributed by atoms with E-state index < -0.39 is 5.97 Å². The Hall–Kier alpha value is -1.84. The second kappa shape index (κ2) is 7.25. The molecule has 1 unspecified atom stereocenters. The van der Waals surface area contributed by atoms with Gasteiger partial charge in [-0.05, 0) is 49.3 Å². The lowest BCUT2D eigenvalue weighted by molar-refractivity contribution is -0.131. The summed E-state index contributed by atoms with van der Waals surface area (Å²) in [6.45, 7) is 4.00. The van der Waals surface area contributed by atoms with Gasteiger partial charge in [-0.1, -0.05) is 19.1 Å². The lowest BCUT2D eigenvalue weighted by Crippen LogP contribution is -2.32. The molecule has 4 nitrogen and oxygen atoms in total. The average molecular weight is 289 g/mol. The number of nitrogens with zero attached hydrogens (tertiary/aromatic N) is 1. The quantitative estimate of drug-likeness (QED) is 0.927. The zero-order valence-corrected chi connectivity index (χ0v) is 12.5. The van der Waals surface area contributed by atoms with Crippen LogP contribution in [-0.4, -0.2) is 35.0 Å². The van der Waals surface area contributed by atoms with Crippen molar-refractivity contribution in [3.8, 4) is 0 Å². The van der Waals surface area contributed by atoms with Crippen LogP contribution >= 0.6 is 0 Å². The Kier molecular flexibility index (Phi) is 5.37. The summed E-state index contributed by atoms with van der Waals surface area (Å²) in [4.78, 5) is 25.0. The molecule has 114 valence electrons. The third-order valence-electron chi connectivity index (χ3n) is 4.20. The zero-order valence-electron chi connectivity index (χ0n) is 12.5. The van der Waals surface area contributed by atoms with Gasteiger partial charge in [-0.15, -0.1) is 0 Å². The van der Waals surface area contributed by atoms with Crippen LogP contribution in [0.5, 0.6) is 0 Å². The molecule has 1 aliphatic rings. The van der Waals surface area contributed by atoms with Gasteiger partial charge in [0, 0.05) is 19.5 Å². The number of carbonyl (C=O) groups is 2. The Balaban J connectivity index is 1.84. The molecule has 4 heteroatoms. The summed E-state index contributed by atoms with van der Waals surface area (Å²) in [6, 6.07) is 6.77. The fraction of sp³-hybridized carbons (Fsp3) is 0.529. The maximum Gasteiger partial charge on any atom is 0.335 e. The molecule has 0 aromatic heterocycles. The normalized spacial score (nSPS) is 19.1. The molecule has 1 aliphatic heterocycles. The number of amides is 1. The summed E-state index contributed by atoms with van der Waals surface area (Å²) in [6.07, 6.45) is 4.57. The summed E-state index contributed by atoms with van der Waals surface area (Å²) in [7, 11) is 0. The summed E-state index contributed by atoms with van der Waals surface area (Å²) in [5.74, 6) is 0.00841. The van der Waals surface area contributed by atoms with Crippen molar-refractivity contribution in [3.63, 3.8) is 0 Å². The van der Waals surface area contributed by atoms with E-state index in [0.717, 1.165) is 31.5 Å². The van der Waals surface area contributed by atoms with Crippen molar-refractivity contribution in [2.24, 2.45) is 5.92 Å². The van der Waals surface area contributed by atoms with E-state index in [1.54, 1.807) is 24.3 Å². The van der Waals surface area contributed by atoms with Crippen molar-refractivity contribution in [2.45, 2.75) is 39.0 Å². The SMILES string of the molecule is CC1CCCN(C(=O)CCc2ccc(C(=O)O)cc2)CC1. The average Bonchev–Trinajstić information content (AvgIpc) is 2.70. The highest BCUT2D eigenvalue weighted by molar-refractivity contribution is 5.87. The molecular weight excluding hydrogens is 266 g/mol. The summed E-state index contributed by atoms with van der Waals surface area (Å²) < 4.78 is 0. The smallest absolute Gasteiger partial charge is 0.335 e. The summed E-state index contributed by atoms with van der Waals surface area (Å²) >= 11 is 0. The van der Waals surface area contributed by atoms with Gasteiger partial charge in [0.2, 0.25) is 5.91 Å². The number of carboxylic acids is 1. The Morgan fingerprint density at radius 1 is 1.19 bits per heavy atom. The van der Waals surface area contributed by atoms with Gasteiger partial charge in [0.05, 0.1) is 5.56 Å². The molecule has 21 heavy (non-hydrogen) atoms. The van der Waals surface area contributed by atoms with Crippen LogP contribution in [0.3, 0.4) is 0 Å². The third-order valence-corrected chi connectivity index (χ3v) is 4.20. The number of aryl methyl sites for hydroxylation is 1. The number of hydrogen-bond donors (Lipinski definition) is 1. The van der Waals surface area contributed by atoms with Crippen molar-refractivity contribution >= 4 is 11.9 Å². The standard InChI is InChI=1S/C17H23NO3/c1-13-3-2-11-18(12-10-13)16(19)9-6-14-4-7-15(8-5-14)17(20)21/h4-5,7-8,13H,2-3,6,9-12H2,1H3,(H,20,21).